The van der Waals surface area contributed by atoms with Crippen LogP contribution < -0.4 is 5.32 Å². The summed E-state index contributed by atoms with van der Waals surface area (Å²) in [6.45, 7) is 1.94. The van der Waals surface area contributed by atoms with Crippen molar-refractivity contribution in [2.45, 2.75) is 18.3 Å². The minimum atomic E-state index is -1.03. The second kappa shape index (κ2) is 5.28. The summed E-state index contributed by atoms with van der Waals surface area (Å²) >= 11 is 0. The Kier molecular flexibility index (Phi) is 3.29. The third-order valence-corrected chi connectivity index (χ3v) is 5.28. The number of anilines is 1. The number of ether oxygens (including phenoxy) is 1. The lowest BCUT2D eigenvalue weighted by molar-refractivity contribution is -0.152. The average molecular weight is 335 g/mol. The number of aryl methyl sites for hydroxylation is 1. The van der Waals surface area contributed by atoms with Gasteiger partial charge in [0.15, 0.2) is 0 Å². The number of methoxy groups -OCH3 is 1. The highest BCUT2D eigenvalue weighted by Crippen LogP contribution is 2.69. The predicted octanol–water partition coefficient (Wildman–Crippen LogP) is 2.34. The molecule has 0 aromatic heterocycles. The fraction of sp³-hybridized carbons (Fsp3) is 0.250. The van der Waals surface area contributed by atoms with Crippen molar-refractivity contribution in [3.8, 4) is 0 Å². The smallest absolute Gasteiger partial charge is 0.374 e. The molecule has 2 aromatic carbocycles. The highest BCUT2D eigenvalue weighted by Gasteiger charge is 2.76. The minimum absolute atomic E-state index is 0.232. The fourth-order valence-corrected chi connectivity index (χ4v) is 4.16. The van der Waals surface area contributed by atoms with E-state index in [1.165, 1.54) is 7.11 Å². The topological polar surface area (TPSA) is 72.5 Å². The number of esters is 1. The molecule has 0 radical (unpaired) electrons. The van der Waals surface area contributed by atoms with Gasteiger partial charge < -0.3 is 10.1 Å². The van der Waals surface area contributed by atoms with Gasteiger partial charge in [-0.3, -0.25) is 9.59 Å². The van der Waals surface area contributed by atoms with Crippen molar-refractivity contribution in [1.29, 1.82) is 0 Å². The number of hydrogen-bond donors (Lipinski definition) is 1. The van der Waals surface area contributed by atoms with E-state index in [0.29, 0.717) is 5.69 Å². The van der Waals surface area contributed by atoms with Crippen LogP contribution in [-0.2, 0) is 24.5 Å². The summed E-state index contributed by atoms with van der Waals surface area (Å²) in [7, 11) is 1.18. The van der Waals surface area contributed by atoms with Gasteiger partial charge in [-0.25, -0.2) is 4.79 Å². The molecular weight excluding hydrogens is 318 g/mol. The van der Waals surface area contributed by atoms with Crippen molar-refractivity contribution in [2.24, 2.45) is 5.92 Å². The molecule has 1 saturated carbocycles. The van der Waals surface area contributed by atoms with Crippen molar-refractivity contribution < 1.29 is 19.1 Å². The van der Waals surface area contributed by atoms with Gasteiger partial charge in [-0.1, -0.05) is 48.0 Å². The molecule has 4 rings (SSSR count). The minimum Gasteiger partial charge on any atom is -0.463 e. The zero-order valence-corrected chi connectivity index (χ0v) is 13.9. The van der Waals surface area contributed by atoms with Crippen LogP contribution in [0.2, 0.25) is 0 Å². The molecule has 2 aliphatic rings. The van der Waals surface area contributed by atoms with E-state index >= 15 is 0 Å². The van der Waals surface area contributed by atoms with Gasteiger partial charge in [-0.15, -0.1) is 0 Å². The molecule has 1 amide bonds. The number of rotatable bonds is 3. The van der Waals surface area contributed by atoms with Gasteiger partial charge in [0.1, 0.15) is 0 Å². The first kappa shape index (κ1) is 15.6. The number of hydrogen-bond acceptors (Lipinski definition) is 4. The van der Waals surface area contributed by atoms with Crippen LogP contribution in [0, 0.1) is 12.8 Å². The number of nitrogens with one attached hydrogen (secondary N) is 1. The molecule has 25 heavy (non-hydrogen) atoms. The lowest BCUT2D eigenvalue weighted by Gasteiger charge is -2.10. The molecule has 1 heterocycles. The lowest BCUT2D eigenvalue weighted by atomic mass is 9.90. The molecule has 5 nitrogen and oxygen atoms in total. The molecule has 3 atom stereocenters. The van der Waals surface area contributed by atoms with Crippen molar-refractivity contribution >= 4 is 23.3 Å². The number of amides is 1. The van der Waals surface area contributed by atoms with Crippen molar-refractivity contribution in [3.63, 3.8) is 0 Å². The number of Topliss-reactive ketones (excluding diaryl/α,β-unsaturated/α-hetero) is 1. The molecule has 1 N–H and O–H groups in total. The first-order chi connectivity index (χ1) is 12.0. The average Bonchev–Trinajstić information content (AvgIpc) is 3.25. The summed E-state index contributed by atoms with van der Waals surface area (Å²) in [6.07, 6.45) is 0. The molecule has 0 saturated heterocycles. The van der Waals surface area contributed by atoms with Crippen molar-refractivity contribution in [3.05, 3.63) is 65.2 Å². The second-order valence-electron chi connectivity index (χ2n) is 6.59. The molecule has 1 fully saturated rings. The number of carbonyl (C=O) groups excluding carboxylic acids is 3. The number of carbonyl (C=O) groups is 3. The van der Waals surface area contributed by atoms with Crippen LogP contribution in [0.5, 0.6) is 0 Å². The Balaban J connectivity index is 1.90. The zero-order valence-electron chi connectivity index (χ0n) is 13.9. The number of fused-ring (bicyclic) bond motifs is 2. The molecule has 126 valence electrons. The van der Waals surface area contributed by atoms with Crippen LogP contribution in [0.15, 0.2) is 48.5 Å². The monoisotopic (exact) mass is 335 g/mol. The van der Waals surface area contributed by atoms with Gasteiger partial charge in [-0.2, -0.15) is 0 Å². The molecular formula is C20H17NO4. The third-order valence-electron chi connectivity index (χ3n) is 5.28. The van der Waals surface area contributed by atoms with Crippen molar-refractivity contribution in [1.82, 2.24) is 0 Å². The zero-order chi connectivity index (χ0) is 17.8. The number of ketones is 1. The Bertz CT molecular complexity index is 905. The predicted molar refractivity (Wildman–Crippen MR) is 91.2 cm³/mol. The van der Waals surface area contributed by atoms with Gasteiger partial charge in [-0.05, 0) is 24.1 Å². The first-order valence-electron chi connectivity index (χ1n) is 8.11. The van der Waals surface area contributed by atoms with Crippen LogP contribution in [0.3, 0.4) is 0 Å². The van der Waals surface area contributed by atoms with E-state index in [0.717, 1.165) is 16.7 Å². The van der Waals surface area contributed by atoms with Gasteiger partial charge in [0, 0.05) is 11.6 Å². The SMILES string of the molecule is COC(=O)C(=O)[C@H]1[C@H](c2ccccc2)[C@]12C(=O)Nc1ccc(C)cc12. The molecule has 0 bridgehead atoms. The van der Waals surface area contributed by atoms with Crippen LogP contribution in [0.25, 0.3) is 0 Å². The fourth-order valence-electron chi connectivity index (χ4n) is 4.16. The second-order valence-corrected chi connectivity index (χ2v) is 6.59. The Hall–Kier alpha value is -2.95. The van der Waals surface area contributed by atoms with Gasteiger partial charge >= 0.3 is 5.97 Å². The maximum atomic E-state index is 12.9. The Morgan fingerprint density at radius 1 is 1.12 bits per heavy atom. The summed E-state index contributed by atoms with van der Waals surface area (Å²) in [6, 6.07) is 15.1. The summed E-state index contributed by atoms with van der Waals surface area (Å²) < 4.78 is 4.63. The van der Waals surface area contributed by atoms with E-state index in [9.17, 15) is 14.4 Å². The van der Waals surface area contributed by atoms with Crippen LogP contribution in [0.4, 0.5) is 5.69 Å². The summed E-state index contributed by atoms with van der Waals surface area (Å²) in [5.41, 5.74) is 2.32. The highest BCUT2D eigenvalue weighted by molar-refractivity contribution is 6.38. The van der Waals surface area contributed by atoms with Gasteiger partial charge in [0.25, 0.3) is 0 Å². The van der Waals surface area contributed by atoms with E-state index in [1.54, 1.807) is 0 Å². The standard InChI is InChI=1S/C20H17NO4/c1-11-8-9-14-13(10-11)20(19(24)21-14)15(12-6-4-3-5-7-12)16(20)17(22)18(23)25-2/h3-10,15-16H,1-2H3,(H,21,24)/t15-,16+,20-/m0/s1. The van der Waals surface area contributed by atoms with E-state index in [1.807, 2.05) is 55.5 Å². The highest BCUT2D eigenvalue weighted by atomic mass is 16.5. The molecule has 1 aliphatic carbocycles. The molecule has 2 aromatic rings. The van der Waals surface area contributed by atoms with Crippen LogP contribution in [0.1, 0.15) is 22.6 Å². The normalized spacial score (nSPS) is 26.1. The van der Waals surface area contributed by atoms with Crippen molar-refractivity contribution in [2.75, 3.05) is 12.4 Å². The van der Waals surface area contributed by atoms with E-state index in [4.69, 9.17) is 0 Å². The Morgan fingerprint density at radius 3 is 2.52 bits per heavy atom. The van der Waals surface area contributed by atoms with E-state index < -0.39 is 23.1 Å². The lowest BCUT2D eigenvalue weighted by Crippen LogP contribution is -2.28. The molecule has 5 heteroatoms. The summed E-state index contributed by atoms with van der Waals surface area (Å²) in [5.74, 6) is -2.91. The third kappa shape index (κ3) is 1.98. The largest absolute Gasteiger partial charge is 0.463 e. The quantitative estimate of drug-likeness (QED) is 0.690. The van der Waals surface area contributed by atoms with Crippen LogP contribution >= 0.6 is 0 Å². The summed E-state index contributed by atoms with van der Waals surface area (Å²) in [5, 5.41) is 2.88. The molecule has 1 spiro atoms. The maximum absolute atomic E-state index is 12.9. The van der Waals surface area contributed by atoms with Gasteiger partial charge in [0.05, 0.1) is 18.4 Å². The van der Waals surface area contributed by atoms with E-state index in [-0.39, 0.29) is 11.8 Å². The molecule has 0 unspecified atom stereocenters. The van der Waals surface area contributed by atoms with E-state index in [2.05, 4.69) is 10.1 Å². The van der Waals surface area contributed by atoms with Gasteiger partial charge in [0.2, 0.25) is 11.7 Å². The Morgan fingerprint density at radius 2 is 1.84 bits per heavy atom. The molecule has 1 aliphatic heterocycles. The Labute approximate surface area is 145 Å². The first-order valence-corrected chi connectivity index (χ1v) is 8.11. The summed E-state index contributed by atoms with van der Waals surface area (Å²) in [4.78, 5) is 37.5. The van der Waals surface area contributed by atoms with Crippen LogP contribution in [-0.4, -0.2) is 24.8 Å². The maximum Gasteiger partial charge on any atom is 0.374 e. The number of benzene rings is 2.